The second kappa shape index (κ2) is 9.07. The number of thioether (sulfide) groups is 1. The molecule has 3 aromatic rings. The van der Waals surface area contributed by atoms with Crippen LogP contribution < -0.4 is 5.32 Å². The van der Waals surface area contributed by atoms with E-state index in [4.69, 9.17) is 4.74 Å². The molecule has 0 atom stereocenters. The zero-order valence-corrected chi connectivity index (χ0v) is 19.4. The maximum atomic E-state index is 13.1. The highest BCUT2D eigenvalue weighted by Crippen LogP contribution is 2.31. The zero-order valence-electron chi connectivity index (χ0n) is 18.6. The van der Waals surface area contributed by atoms with Gasteiger partial charge >= 0.3 is 5.97 Å². The predicted octanol–water partition coefficient (Wildman–Crippen LogP) is 5.22. The molecule has 1 aliphatic rings. The van der Waals surface area contributed by atoms with E-state index in [0.29, 0.717) is 21.3 Å². The van der Waals surface area contributed by atoms with E-state index < -0.39 is 5.97 Å². The third-order valence-electron chi connectivity index (χ3n) is 5.34. The molecule has 0 aliphatic carbocycles. The number of aryl methyl sites for hydroxylation is 2. The normalized spacial score (nSPS) is 15.8. The number of methoxy groups -OCH3 is 1. The number of rotatable bonds is 4. The number of benzene rings is 2. The Bertz CT molecular complexity index is 1320. The van der Waals surface area contributed by atoms with Crippen LogP contribution in [0.1, 0.15) is 32.9 Å². The molecule has 8 heteroatoms. The summed E-state index contributed by atoms with van der Waals surface area (Å²) in [5.41, 5.74) is 5.69. The number of ether oxygens (including phenoxy) is 1. The van der Waals surface area contributed by atoms with Crippen molar-refractivity contribution in [2.24, 2.45) is 4.99 Å². The van der Waals surface area contributed by atoms with E-state index in [-0.39, 0.29) is 11.7 Å². The quantitative estimate of drug-likeness (QED) is 0.425. The van der Waals surface area contributed by atoms with Gasteiger partial charge in [0.15, 0.2) is 5.17 Å². The molecule has 6 nitrogen and oxygen atoms in total. The smallest absolute Gasteiger partial charge is 0.337 e. The molecule has 0 spiro atoms. The summed E-state index contributed by atoms with van der Waals surface area (Å²) in [5.74, 6) is -0.979. The first-order valence-corrected chi connectivity index (χ1v) is 11.0. The van der Waals surface area contributed by atoms with E-state index >= 15 is 0 Å². The predicted molar refractivity (Wildman–Crippen MR) is 129 cm³/mol. The van der Waals surface area contributed by atoms with Gasteiger partial charge in [0.2, 0.25) is 0 Å². The highest BCUT2D eigenvalue weighted by atomic mass is 32.2. The molecule has 168 valence electrons. The zero-order chi connectivity index (χ0) is 23.7. The van der Waals surface area contributed by atoms with Crippen molar-refractivity contribution in [2.75, 3.05) is 7.11 Å². The molecule has 0 saturated carbocycles. The van der Waals surface area contributed by atoms with Crippen LogP contribution >= 0.6 is 11.8 Å². The van der Waals surface area contributed by atoms with Crippen molar-refractivity contribution < 1.29 is 18.7 Å². The minimum absolute atomic E-state index is 0.241. The number of nitrogens with one attached hydrogen (secondary N) is 1. The number of aromatic nitrogens is 1. The monoisotopic (exact) mass is 463 g/mol. The molecule has 1 aromatic heterocycles. The first kappa shape index (κ1) is 22.5. The van der Waals surface area contributed by atoms with Crippen LogP contribution in [0.15, 0.2) is 58.4 Å². The molecule has 1 saturated heterocycles. The van der Waals surface area contributed by atoms with Crippen LogP contribution in [0.5, 0.6) is 0 Å². The lowest BCUT2D eigenvalue weighted by atomic mass is 10.1. The van der Waals surface area contributed by atoms with Crippen molar-refractivity contribution in [2.45, 2.75) is 20.8 Å². The van der Waals surface area contributed by atoms with Gasteiger partial charge in [0.1, 0.15) is 5.82 Å². The number of carbonyl (C=O) groups excluding carboxylic acids is 2. The molecule has 1 aliphatic heterocycles. The molecule has 0 bridgehead atoms. The van der Waals surface area contributed by atoms with Crippen LogP contribution in [0.2, 0.25) is 0 Å². The molecule has 1 amide bonds. The fraction of sp³-hybridized carbons (Fsp3) is 0.160. The molecule has 4 rings (SSSR count). The minimum atomic E-state index is -0.395. The molecule has 1 fully saturated rings. The third-order valence-corrected chi connectivity index (χ3v) is 6.25. The Hall–Kier alpha value is -3.65. The van der Waals surface area contributed by atoms with Gasteiger partial charge in [0, 0.05) is 17.1 Å². The van der Waals surface area contributed by atoms with Crippen LogP contribution in [0.4, 0.5) is 10.1 Å². The van der Waals surface area contributed by atoms with E-state index in [1.807, 2.05) is 45.0 Å². The van der Waals surface area contributed by atoms with Crippen LogP contribution in [0.25, 0.3) is 11.8 Å². The fourth-order valence-electron chi connectivity index (χ4n) is 3.65. The van der Waals surface area contributed by atoms with Crippen molar-refractivity contribution in [1.29, 1.82) is 0 Å². The first-order valence-electron chi connectivity index (χ1n) is 10.2. The summed E-state index contributed by atoms with van der Waals surface area (Å²) < 4.78 is 20.0. The summed E-state index contributed by atoms with van der Waals surface area (Å²) in [6, 6.07) is 13.2. The van der Waals surface area contributed by atoms with Crippen molar-refractivity contribution in [1.82, 2.24) is 9.88 Å². The van der Waals surface area contributed by atoms with Gasteiger partial charge in [-0.2, -0.15) is 0 Å². The van der Waals surface area contributed by atoms with E-state index in [1.54, 1.807) is 18.2 Å². The fourth-order valence-corrected chi connectivity index (χ4v) is 4.49. The second-order valence-electron chi connectivity index (χ2n) is 7.61. The van der Waals surface area contributed by atoms with Crippen molar-refractivity contribution >= 4 is 40.6 Å². The van der Waals surface area contributed by atoms with Crippen molar-refractivity contribution in [3.05, 3.63) is 87.3 Å². The second-order valence-corrected chi connectivity index (χ2v) is 8.64. The van der Waals surface area contributed by atoms with Crippen molar-refractivity contribution in [3.8, 4) is 5.69 Å². The molecule has 33 heavy (non-hydrogen) atoms. The van der Waals surface area contributed by atoms with Gasteiger partial charge < -0.3 is 14.6 Å². The van der Waals surface area contributed by atoms with Gasteiger partial charge in [0.05, 0.1) is 23.3 Å². The molecule has 0 radical (unpaired) electrons. The Balaban J connectivity index is 1.67. The van der Waals surface area contributed by atoms with Gasteiger partial charge in [-0.15, -0.1) is 0 Å². The van der Waals surface area contributed by atoms with Gasteiger partial charge in [0.25, 0.3) is 5.91 Å². The Labute approximate surface area is 195 Å². The number of aliphatic imine (C=N–C) groups is 1. The number of hydrogen-bond donors (Lipinski definition) is 1. The van der Waals surface area contributed by atoms with Gasteiger partial charge in [-0.05, 0) is 92.2 Å². The van der Waals surface area contributed by atoms with E-state index in [1.165, 1.54) is 31.0 Å². The third kappa shape index (κ3) is 4.61. The Morgan fingerprint density at radius 3 is 2.55 bits per heavy atom. The summed E-state index contributed by atoms with van der Waals surface area (Å²) in [6.07, 6.45) is 1.82. The SMILES string of the molecule is COC(=O)c1ccc(C)c(-n2c(C)cc(/C=C3/SC(=Nc4ccc(F)cc4)NC3=O)c2C)c1. The van der Waals surface area contributed by atoms with E-state index in [2.05, 4.69) is 14.9 Å². The highest BCUT2D eigenvalue weighted by molar-refractivity contribution is 8.18. The van der Waals surface area contributed by atoms with Crippen LogP contribution in [-0.2, 0) is 9.53 Å². The average Bonchev–Trinajstić information content (AvgIpc) is 3.27. The molecular formula is C25H22FN3O3S. The molecular weight excluding hydrogens is 441 g/mol. The minimum Gasteiger partial charge on any atom is -0.465 e. The van der Waals surface area contributed by atoms with Gasteiger partial charge in [-0.1, -0.05) is 6.07 Å². The Morgan fingerprint density at radius 1 is 1.12 bits per heavy atom. The maximum Gasteiger partial charge on any atom is 0.337 e. The van der Waals surface area contributed by atoms with Crippen LogP contribution in [0.3, 0.4) is 0 Å². The summed E-state index contributed by atoms with van der Waals surface area (Å²) in [5, 5.41) is 3.19. The lowest BCUT2D eigenvalue weighted by molar-refractivity contribution is -0.115. The Kier molecular flexibility index (Phi) is 6.20. The largest absolute Gasteiger partial charge is 0.465 e. The number of hydrogen-bond acceptors (Lipinski definition) is 5. The molecule has 1 N–H and O–H groups in total. The van der Waals surface area contributed by atoms with Crippen LogP contribution in [-0.4, -0.2) is 28.7 Å². The number of carbonyl (C=O) groups is 2. The lowest BCUT2D eigenvalue weighted by Gasteiger charge is -2.14. The topological polar surface area (TPSA) is 72.7 Å². The highest BCUT2D eigenvalue weighted by Gasteiger charge is 2.25. The number of esters is 1. The summed E-state index contributed by atoms with van der Waals surface area (Å²) in [4.78, 5) is 29.4. The number of amides is 1. The maximum absolute atomic E-state index is 13.1. The average molecular weight is 464 g/mol. The molecule has 2 aromatic carbocycles. The van der Waals surface area contributed by atoms with Crippen molar-refractivity contribution in [3.63, 3.8) is 0 Å². The van der Waals surface area contributed by atoms with Gasteiger partial charge in [-0.25, -0.2) is 14.2 Å². The molecule has 2 heterocycles. The number of nitrogens with zero attached hydrogens (tertiary/aromatic N) is 2. The van der Waals surface area contributed by atoms with Crippen LogP contribution in [0, 0.1) is 26.6 Å². The summed E-state index contributed by atoms with van der Waals surface area (Å²) in [6.45, 7) is 5.92. The number of amidine groups is 1. The Morgan fingerprint density at radius 2 is 1.85 bits per heavy atom. The van der Waals surface area contributed by atoms with E-state index in [9.17, 15) is 14.0 Å². The van der Waals surface area contributed by atoms with Gasteiger partial charge in [-0.3, -0.25) is 4.79 Å². The van der Waals surface area contributed by atoms with E-state index in [0.717, 1.165) is 28.2 Å². The summed E-state index contributed by atoms with van der Waals surface area (Å²) >= 11 is 1.23. The number of halogens is 1. The first-order chi connectivity index (χ1) is 15.8. The lowest BCUT2D eigenvalue weighted by Crippen LogP contribution is -2.19. The summed E-state index contributed by atoms with van der Waals surface area (Å²) in [7, 11) is 1.36. The molecule has 0 unspecified atom stereocenters. The standard InChI is InChI=1S/C25H22FN3O3S/c1-14-5-6-17(24(31)32-4)12-21(14)29-15(2)11-18(16(29)3)13-22-23(30)28-25(33-22)27-20-9-7-19(26)8-10-20/h5-13H,1-4H3,(H,27,28,30)/b22-13+.